The van der Waals surface area contributed by atoms with Crippen molar-refractivity contribution in [2.45, 2.75) is 26.2 Å². The molecule has 64 valence electrons. The second kappa shape index (κ2) is 5.83. The highest BCUT2D eigenvalue weighted by Gasteiger charge is 1.91. The molecule has 0 heterocycles. The van der Waals surface area contributed by atoms with Crippen LogP contribution in [0.25, 0.3) is 0 Å². The van der Waals surface area contributed by atoms with E-state index in [0.717, 1.165) is 12.1 Å². The van der Waals surface area contributed by atoms with Crippen molar-refractivity contribution in [1.29, 1.82) is 0 Å². The van der Waals surface area contributed by atoms with Crippen molar-refractivity contribution in [3.05, 3.63) is 24.6 Å². The molecule has 0 aromatic carbocycles. The van der Waals surface area contributed by atoms with Gasteiger partial charge in [-0.3, -0.25) is 0 Å². The van der Waals surface area contributed by atoms with Gasteiger partial charge in [-0.25, -0.2) is 0 Å². The van der Waals surface area contributed by atoms with Gasteiger partial charge < -0.3 is 11.1 Å². The van der Waals surface area contributed by atoms with Gasteiger partial charge in [-0.1, -0.05) is 26.5 Å². The highest BCUT2D eigenvalue weighted by Crippen LogP contribution is 2.00. The van der Waals surface area contributed by atoms with Gasteiger partial charge in [-0.15, -0.1) is 0 Å². The molecule has 0 spiro atoms. The number of nitrogens with one attached hydrogen (secondary N) is 1. The summed E-state index contributed by atoms with van der Waals surface area (Å²) in [7, 11) is 0. The molecule has 0 unspecified atom stereocenters. The predicted octanol–water partition coefficient (Wildman–Crippen LogP) is 1.75. The van der Waals surface area contributed by atoms with E-state index in [2.05, 4.69) is 25.4 Å². The Labute approximate surface area is 69.2 Å². The second-order valence-corrected chi connectivity index (χ2v) is 2.72. The molecule has 0 aliphatic heterocycles. The first-order valence-corrected chi connectivity index (χ1v) is 4.01. The van der Waals surface area contributed by atoms with Crippen LogP contribution >= 0.6 is 0 Å². The molecule has 0 amide bonds. The van der Waals surface area contributed by atoms with Crippen LogP contribution in [0.2, 0.25) is 0 Å². The van der Waals surface area contributed by atoms with Crippen LogP contribution < -0.4 is 11.1 Å². The van der Waals surface area contributed by atoms with Gasteiger partial charge in [0, 0.05) is 11.4 Å². The van der Waals surface area contributed by atoms with E-state index in [4.69, 9.17) is 5.73 Å². The Morgan fingerprint density at radius 3 is 2.55 bits per heavy atom. The summed E-state index contributed by atoms with van der Waals surface area (Å²) in [5, 5.41) is 3.10. The Bertz CT molecular complexity index is 138. The molecule has 0 aliphatic rings. The molecule has 11 heavy (non-hydrogen) atoms. The zero-order valence-electron chi connectivity index (χ0n) is 7.32. The second-order valence-electron chi connectivity index (χ2n) is 2.72. The first-order chi connectivity index (χ1) is 5.16. The summed E-state index contributed by atoms with van der Waals surface area (Å²) in [6.07, 6.45) is 3.41. The summed E-state index contributed by atoms with van der Waals surface area (Å²) in [6, 6.07) is 0. The van der Waals surface area contributed by atoms with Crippen LogP contribution in [0.1, 0.15) is 26.2 Å². The van der Waals surface area contributed by atoms with Crippen molar-refractivity contribution in [2.75, 3.05) is 6.54 Å². The third-order valence-electron chi connectivity index (χ3n) is 1.40. The Balaban J connectivity index is 3.30. The van der Waals surface area contributed by atoms with Gasteiger partial charge in [-0.2, -0.15) is 0 Å². The molecule has 0 saturated heterocycles. The molecule has 0 aromatic rings. The maximum Gasteiger partial charge on any atom is 0.0536 e. The van der Waals surface area contributed by atoms with Gasteiger partial charge in [0.2, 0.25) is 0 Å². The third kappa shape index (κ3) is 6.97. The molecule has 3 N–H and O–H groups in total. The van der Waals surface area contributed by atoms with E-state index in [1.165, 1.54) is 12.8 Å². The van der Waals surface area contributed by atoms with E-state index >= 15 is 0 Å². The van der Waals surface area contributed by atoms with Crippen LogP contribution in [-0.2, 0) is 0 Å². The number of hydrogen-bond acceptors (Lipinski definition) is 2. The molecule has 0 aliphatic carbocycles. The molecule has 2 heteroatoms. The quantitative estimate of drug-likeness (QED) is 0.611. The van der Waals surface area contributed by atoms with Gasteiger partial charge in [0.05, 0.1) is 6.54 Å². The predicted molar refractivity (Wildman–Crippen MR) is 50.0 cm³/mol. The fourth-order valence-corrected chi connectivity index (χ4v) is 0.717. The van der Waals surface area contributed by atoms with E-state index in [-0.39, 0.29) is 0 Å². The number of nitrogens with two attached hydrogens (primary N) is 1. The van der Waals surface area contributed by atoms with Gasteiger partial charge >= 0.3 is 0 Å². The van der Waals surface area contributed by atoms with Crippen LogP contribution in [0, 0.1) is 0 Å². The number of unbranched alkanes of at least 4 members (excludes halogenated alkanes) is 1. The number of hydrogen-bond donors (Lipinski definition) is 2. The Hall–Kier alpha value is -0.920. The van der Waals surface area contributed by atoms with E-state index < -0.39 is 0 Å². The van der Waals surface area contributed by atoms with Gasteiger partial charge in [0.15, 0.2) is 0 Å². The van der Waals surface area contributed by atoms with Crippen LogP contribution in [0.3, 0.4) is 0 Å². The topological polar surface area (TPSA) is 38.0 Å². The molecule has 0 fully saturated rings. The van der Waals surface area contributed by atoms with Gasteiger partial charge in [0.1, 0.15) is 0 Å². The van der Waals surface area contributed by atoms with Crippen LogP contribution in [0.15, 0.2) is 24.6 Å². The molecular formula is C9H18N2. The molecule has 0 rings (SSSR count). The maximum atomic E-state index is 5.37. The minimum absolute atomic E-state index is 0.641. The lowest BCUT2D eigenvalue weighted by atomic mass is 10.2. The monoisotopic (exact) mass is 154 g/mol. The minimum atomic E-state index is 0.641. The molecule has 0 atom stereocenters. The van der Waals surface area contributed by atoms with Crippen molar-refractivity contribution in [2.24, 2.45) is 5.73 Å². The minimum Gasteiger partial charge on any atom is -0.401 e. The third-order valence-corrected chi connectivity index (χ3v) is 1.40. The first-order valence-electron chi connectivity index (χ1n) is 4.01. The number of allylic oxidation sites excluding steroid dienone is 1. The lowest BCUT2D eigenvalue weighted by Gasteiger charge is -2.07. The lowest BCUT2D eigenvalue weighted by Crippen LogP contribution is -2.18. The largest absolute Gasteiger partial charge is 0.401 e. The van der Waals surface area contributed by atoms with E-state index in [1.807, 2.05) is 0 Å². The average molecular weight is 154 g/mol. The van der Waals surface area contributed by atoms with Gasteiger partial charge in [0.25, 0.3) is 0 Å². The smallest absolute Gasteiger partial charge is 0.0536 e. The Morgan fingerprint density at radius 2 is 2.09 bits per heavy atom. The first kappa shape index (κ1) is 10.1. The molecular weight excluding hydrogens is 136 g/mol. The van der Waals surface area contributed by atoms with Crippen molar-refractivity contribution in [3.63, 3.8) is 0 Å². The van der Waals surface area contributed by atoms with Crippen LogP contribution in [-0.4, -0.2) is 6.54 Å². The Kier molecular flexibility index (Phi) is 5.35. The molecule has 0 aromatic heterocycles. The van der Waals surface area contributed by atoms with Gasteiger partial charge in [-0.05, 0) is 12.8 Å². The summed E-state index contributed by atoms with van der Waals surface area (Å²) in [6.45, 7) is 10.2. The van der Waals surface area contributed by atoms with Crippen LogP contribution in [0.4, 0.5) is 0 Å². The summed E-state index contributed by atoms with van der Waals surface area (Å²) in [5.74, 6) is 0. The summed E-state index contributed by atoms with van der Waals surface area (Å²) >= 11 is 0. The lowest BCUT2D eigenvalue weighted by molar-refractivity contribution is 0.723. The molecule has 0 bridgehead atoms. The summed E-state index contributed by atoms with van der Waals surface area (Å²) in [4.78, 5) is 0. The van der Waals surface area contributed by atoms with Crippen LogP contribution in [0.5, 0.6) is 0 Å². The number of rotatable bonds is 6. The molecule has 2 nitrogen and oxygen atoms in total. The highest BCUT2D eigenvalue weighted by molar-refractivity contribution is 4.98. The van der Waals surface area contributed by atoms with E-state index in [9.17, 15) is 0 Å². The molecule has 0 saturated carbocycles. The zero-order chi connectivity index (χ0) is 8.69. The summed E-state index contributed by atoms with van der Waals surface area (Å²) in [5.41, 5.74) is 7.08. The SMILES string of the molecule is C=C(N)CNC(=C)CCCC. The maximum absolute atomic E-state index is 5.37. The fourth-order valence-electron chi connectivity index (χ4n) is 0.717. The fraction of sp³-hybridized carbons (Fsp3) is 0.556. The van der Waals surface area contributed by atoms with E-state index in [1.54, 1.807) is 0 Å². The van der Waals surface area contributed by atoms with Crippen molar-refractivity contribution >= 4 is 0 Å². The summed E-state index contributed by atoms with van der Waals surface area (Å²) < 4.78 is 0. The van der Waals surface area contributed by atoms with Crippen molar-refractivity contribution in [3.8, 4) is 0 Å². The standard InChI is InChI=1S/C9H18N2/c1-4-5-6-9(3)11-7-8(2)10/h11H,2-7,10H2,1H3. The average Bonchev–Trinajstić information content (AvgIpc) is 1.97. The van der Waals surface area contributed by atoms with Crippen molar-refractivity contribution < 1.29 is 0 Å². The normalized spacial score (nSPS) is 9.18. The zero-order valence-corrected chi connectivity index (χ0v) is 7.32. The Morgan fingerprint density at radius 1 is 1.45 bits per heavy atom. The molecule has 0 radical (unpaired) electrons. The van der Waals surface area contributed by atoms with Crippen molar-refractivity contribution in [1.82, 2.24) is 5.32 Å². The highest BCUT2D eigenvalue weighted by atomic mass is 14.9. The van der Waals surface area contributed by atoms with E-state index in [0.29, 0.717) is 12.2 Å².